The molecule has 2 unspecified atom stereocenters. The largest absolute Gasteiger partial charge is 0.506 e. The average molecular weight is 607 g/mol. The second kappa shape index (κ2) is 9.79. The fraction of sp³-hybridized carbons (Fsp3) is 0.312. The topological polar surface area (TPSA) is 170 Å². The number of ketones is 2. The number of carbonyl (C=O) groups is 2. The Morgan fingerprint density at radius 2 is 1.30 bits per heavy atom. The van der Waals surface area contributed by atoms with Crippen molar-refractivity contribution in [3.05, 3.63) is 35.4 Å². The van der Waals surface area contributed by atoms with E-state index in [1.165, 1.54) is 54.4 Å². The van der Waals surface area contributed by atoms with Crippen LogP contribution in [0.2, 0.25) is 0 Å². The lowest BCUT2D eigenvalue weighted by Gasteiger charge is -2.33. The molecule has 2 aliphatic rings. The minimum atomic E-state index is -1.94. The highest BCUT2D eigenvalue weighted by atomic mass is 16.6. The number of benzene rings is 4. The van der Waals surface area contributed by atoms with Gasteiger partial charge in [-0.3, -0.25) is 9.59 Å². The van der Waals surface area contributed by atoms with E-state index in [0.29, 0.717) is 11.1 Å². The van der Waals surface area contributed by atoms with E-state index < -0.39 is 47.5 Å². The molecule has 0 radical (unpaired) electrons. The summed E-state index contributed by atoms with van der Waals surface area (Å²) in [4.78, 5) is 26.5. The highest BCUT2D eigenvalue weighted by Crippen LogP contribution is 2.58. The number of ether oxygens (including phenoxy) is 6. The monoisotopic (exact) mass is 606 g/mol. The second-order valence-corrected chi connectivity index (χ2v) is 11.1. The minimum absolute atomic E-state index is 0.0158. The molecule has 0 aromatic heterocycles. The number of fused-ring (bicyclic) bond motifs is 4. The Kier molecular flexibility index (Phi) is 6.49. The van der Waals surface area contributed by atoms with Crippen LogP contribution in [0.15, 0.2) is 24.3 Å². The van der Waals surface area contributed by atoms with Gasteiger partial charge in [0.1, 0.15) is 57.1 Å². The van der Waals surface area contributed by atoms with Crippen molar-refractivity contribution in [3.8, 4) is 57.1 Å². The van der Waals surface area contributed by atoms with Gasteiger partial charge in [-0.05, 0) is 23.6 Å². The van der Waals surface area contributed by atoms with Crippen molar-refractivity contribution in [1.29, 1.82) is 0 Å². The number of aromatic hydroxyl groups is 2. The molecular formula is C32H30O12. The molecule has 0 aliphatic carbocycles. The second-order valence-electron chi connectivity index (χ2n) is 11.1. The van der Waals surface area contributed by atoms with Gasteiger partial charge in [0.15, 0.2) is 11.6 Å². The molecule has 44 heavy (non-hydrogen) atoms. The van der Waals surface area contributed by atoms with E-state index in [2.05, 4.69) is 0 Å². The maximum atomic E-state index is 13.5. The number of hydrogen-bond acceptors (Lipinski definition) is 12. The third kappa shape index (κ3) is 4.20. The van der Waals surface area contributed by atoms with Gasteiger partial charge in [-0.25, -0.2) is 0 Å². The first-order chi connectivity index (χ1) is 20.8. The number of aliphatic hydroxyl groups is 2. The van der Waals surface area contributed by atoms with Crippen LogP contribution in [0, 0.1) is 0 Å². The van der Waals surface area contributed by atoms with Crippen molar-refractivity contribution in [2.45, 2.75) is 38.3 Å². The molecule has 4 N–H and O–H groups in total. The van der Waals surface area contributed by atoms with E-state index in [-0.39, 0.29) is 67.2 Å². The molecule has 12 heteroatoms. The van der Waals surface area contributed by atoms with Gasteiger partial charge in [0.05, 0.1) is 57.6 Å². The predicted molar refractivity (Wildman–Crippen MR) is 157 cm³/mol. The van der Waals surface area contributed by atoms with Crippen LogP contribution in [0.1, 0.15) is 47.4 Å². The standard InChI is InChI=1S/C32H30O12/c1-31(37)11-16(33)24-20(43-31)8-13-7-18(40-4)26(29(42-6)21(13)27(24)35)23-15-9-14(39-3)10-19(41-5)22(15)28(36)25-17(34)12-32(2,38)44-30(23)25/h7-10,35-38H,11-12H2,1-6H3. The molecule has 0 fully saturated rings. The normalized spacial score (nSPS) is 20.9. The molecular weight excluding hydrogens is 576 g/mol. The Bertz CT molecular complexity index is 1920. The smallest absolute Gasteiger partial charge is 0.212 e. The molecule has 0 bridgehead atoms. The lowest BCUT2D eigenvalue weighted by atomic mass is 9.85. The van der Waals surface area contributed by atoms with Crippen molar-refractivity contribution in [3.63, 3.8) is 0 Å². The van der Waals surface area contributed by atoms with Crippen LogP contribution in [0.5, 0.6) is 46.0 Å². The van der Waals surface area contributed by atoms with Crippen molar-refractivity contribution >= 4 is 33.1 Å². The zero-order valence-corrected chi connectivity index (χ0v) is 24.8. The van der Waals surface area contributed by atoms with E-state index in [9.17, 15) is 30.0 Å². The first-order valence-electron chi connectivity index (χ1n) is 13.5. The molecule has 230 valence electrons. The van der Waals surface area contributed by atoms with Gasteiger partial charge in [0, 0.05) is 30.9 Å². The van der Waals surface area contributed by atoms with Gasteiger partial charge < -0.3 is 48.8 Å². The summed E-state index contributed by atoms with van der Waals surface area (Å²) in [5.41, 5.74) is -0.0339. The van der Waals surface area contributed by atoms with Gasteiger partial charge in [0.25, 0.3) is 0 Å². The number of carbonyl (C=O) groups excluding carboxylic acids is 2. The van der Waals surface area contributed by atoms with E-state index in [4.69, 9.17) is 28.4 Å². The van der Waals surface area contributed by atoms with Crippen LogP contribution in [0.25, 0.3) is 32.7 Å². The van der Waals surface area contributed by atoms with E-state index in [1.807, 2.05) is 0 Å². The molecule has 2 aliphatic heterocycles. The molecule has 4 aromatic rings. The molecule has 12 nitrogen and oxygen atoms in total. The summed E-state index contributed by atoms with van der Waals surface area (Å²) in [5, 5.41) is 45.3. The fourth-order valence-electron chi connectivity index (χ4n) is 6.12. The van der Waals surface area contributed by atoms with Gasteiger partial charge >= 0.3 is 0 Å². The number of methoxy groups -OCH3 is 4. The molecule has 0 spiro atoms. The summed E-state index contributed by atoms with van der Waals surface area (Å²) in [7, 11) is 5.58. The molecule has 4 aromatic carbocycles. The summed E-state index contributed by atoms with van der Waals surface area (Å²) in [6.07, 6.45) is -0.840. The third-order valence-electron chi connectivity index (χ3n) is 7.87. The van der Waals surface area contributed by atoms with Crippen LogP contribution in [0.3, 0.4) is 0 Å². The zero-order chi connectivity index (χ0) is 31.9. The maximum Gasteiger partial charge on any atom is 0.212 e. The van der Waals surface area contributed by atoms with Gasteiger partial charge in [-0.1, -0.05) is 0 Å². The third-order valence-corrected chi connectivity index (χ3v) is 7.87. The number of phenols is 2. The van der Waals surface area contributed by atoms with Gasteiger partial charge in [-0.15, -0.1) is 0 Å². The van der Waals surface area contributed by atoms with Crippen LogP contribution in [-0.2, 0) is 0 Å². The average Bonchev–Trinajstić information content (AvgIpc) is 2.94. The molecule has 2 heterocycles. The zero-order valence-electron chi connectivity index (χ0n) is 24.8. The highest BCUT2D eigenvalue weighted by Gasteiger charge is 2.42. The van der Waals surface area contributed by atoms with E-state index >= 15 is 0 Å². The Morgan fingerprint density at radius 3 is 1.91 bits per heavy atom. The summed E-state index contributed by atoms with van der Waals surface area (Å²) in [6, 6.07) is 6.15. The fourth-order valence-corrected chi connectivity index (χ4v) is 6.12. The number of Topliss-reactive ketones (excluding diaryl/α,β-unsaturated/α-hetero) is 2. The SMILES string of the molecule is COc1cc(OC)c2c(O)c3c(c(-c4c(OC)cc5cc6c(c(O)c5c4OC)C(=O)CC(C)(O)O6)c2c1)OC(C)(O)CC3=O. The van der Waals surface area contributed by atoms with Crippen LogP contribution >= 0.6 is 0 Å². The van der Waals surface area contributed by atoms with Crippen molar-refractivity contribution in [1.82, 2.24) is 0 Å². The van der Waals surface area contributed by atoms with Gasteiger partial charge in [-0.2, -0.15) is 0 Å². The molecule has 0 amide bonds. The molecule has 0 saturated carbocycles. The summed E-state index contributed by atoms with van der Waals surface area (Å²) < 4.78 is 34.4. The summed E-state index contributed by atoms with van der Waals surface area (Å²) in [5.74, 6) is -5.27. The van der Waals surface area contributed by atoms with Crippen LogP contribution in [-0.4, -0.2) is 72.0 Å². The van der Waals surface area contributed by atoms with Crippen LogP contribution in [0.4, 0.5) is 0 Å². The lowest BCUT2D eigenvalue weighted by molar-refractivity contribution is -0.124. The van der Waals surface area contributed by atoms with E-state index in [0.717, 1.165) is 0 Å². The maximum absolute atomic E-state index is 13.5. The van der Waals surface area contributed by atoms with Crippen molar-refractivity contribution < 1.29 is 58.4 Å². The van der Waals surface area contributed by atoms with Crippen molar-refractivity contribution in [2.24, 2.45) is 0 Å². The number of phenolic OH excluding ortho intramolecular Hbond substituents is 2. The summed E-state index contributed by atoms with van der Waals surface area (Å²) >= 11 is 0. The Balaban J connectivity index is 1.84. The predicted octanol–water partition coefficient (Wildman–Crippen LogP) is 4.45. The highest BCUT2D eigenvalue weighted by molar-refractivity contribution is 6.19. The quantitative estimate of drug-likeness (QED) is 0.252. The number of rotatable bonds is 5. The lowest BCUT2D eigenvalue weighted by Crippen LogP contribution is -2.39. The minimum Gasteiger partial charge on any atom is -0.506 e. The molecule has 0 saturated heterocycles. The first-order valence-corrected chi connectivity index (χ1v) is 13.5. The Hall–Kier alpha value is -4.94. The Labute approximate surface area is 250 Å². The van der Waals surface area contributed by atoms with E-state index in [1.54, 1.807) is 12.1 Å². The number of hydrogen-bond donors (Lipinski definition) is 4. The van der Waals surface area contributed by atoms with Crippen LogP contribution < -0.4 is 28.4 Å². The Morgan fingerprint density at radius 1 is 0.682 bits per heavy atom. The molecule has 2 atom stereocenters. The summed E-state index contributed by atoms with van der Waals surface area (Å²) in [6.45, 7) is 2.66. The first kappa shape index (κ1) is 29.1. The van der Waals surface area contributed by atoms with Gasteiger partial charge in [0.2, 0.25) is 11.6 Å². The molecule has 6 rings (SSSR count). The van der Waals surface area contributed by atoms with Crippen molar-refractivity contribution in [2.75, 3.05) is 28.4 Å².